The maximum atomic E-state index is 13.1. The molecule has 0 fully saturated rings. The maximum Gasteiger partial charge on any atom is 0.141 e. The fourth-order valence-corrected chi connectivity index (χ4v) is 3.06. The molecular formula is C13H12ClFN2OS. The molecule has 0 aliphatic carbocycles. The van der Waals surface area contributed by atoms with Crippen LogP contribution < -0.4 is 5.73 Å². The van der Waals surface area contributed by atoms with Gasteiger partial charge >= 0.3 is 0 Å². The minimum absolute atomic E-state index is 0.0314. The van der Waals surface area contributed by atoms with Gasteiger partial charge < -0.3 is 5.73 Å². The normalized spacial score (nSPS) is 12.4. The average Bonchev–Trinajstić information content (AvgIpc) is 2.42. The zero-order valence-electron chi connectivity index (χ0n) is 9.98. The predicted octanol–water partition coefficient (Wildman–Crippen LogP) is 2.64. The first-order valence-corrected chi connectivity index (χ1v) is 7.27. The lowest BCUT2D eigenvalue weighted by molar-refractivity contribution is 0.626. The number of nitrogens with two attached hydrogens (primary N) is 1. The summed E-state index contributed by atoms with van der Waals surface area (Å²) >= 11 is 5.68. The summed E-state index contributed by atoms with van der Waals surface area (Å²) in [7, 11) is -1.31. The van der Waals surface area contributed by atoms with Gasteiger partial charge in [0, 0.05) is 17.6 Å². The number of rotatable bonds is 4. The Hall–Kier alpha value is -1.30. The van der Waals surface area contributed by atoms with Gasteiger partial charge in [0.15, 0.2) is 0 Å². The smallest absolute Gasteiger partial charge is 0.141 e. The van der Waals surface area contributed by atoms with E-state index >= 15 is 0 Å². The van der Waals surface area contributed by atoms with E-state index in [9.17, 15) is 8.60 Å². The molecule has 6 heteroatoms. The van der Waals surface area contributed by atoms with Gasteiger partial charge in [-0.05, 0) is 29.8 Å². The summed E-state index contributed by atoms with van der Waals surface area (Å²) in [5.41, 5.74) is 7.11. The van der Waals surface area contributed by atoms with Crippen LogP contribution in [0.5, 0.6) is 0 Å². The zero-order valence-corrected chi connectivity index (χ0v) is 11.5. The monoisotopic (exact) mass is 298 g/mol. The molecule has 0 saturated carbocycles. The second-order valence-corrected chi connectivity index (χ2v) is 5.74. The van der Waals surface area contributed by atoms with E-state index in [0.29, 0.717) is 10.6 Å². The Labute approximate surface area is 118 Å². The molecule has 2 rings (SSSR count). The Morgan fingerprint density at radius 1 is 1.37 bits per heavy atom. The van der Waals surface area contributed by atoms with E-state index in [2.05, 4.69) is 4.98 Å². The van der Waals surface area contributed by atoms with Crippen LogP contribution in [0.3, 0.4) is 0 Å². The van der Waals surface area contributed by atoms with Crippen LogP contribution in [0, 0.1) is 5.82 Å². The molecule has 1 unspecified atom stereocenters. The van der Waals surface area contributed by atoms with Crippen molar-refractivity contribution in [2.45, 2.75) is 17.2 Å². The van der Waals surface area contributed by atoms with Gasteiger partial charge in [-0.3, -0.25) is 9.19 Å². The van der Waals surface area contributed by atoms with E-state index in [0.717, 1.165) is 5.56 Å². The Kier molecular flexibility index (Phi) is 4.63. The van der Waals surface area contributed by atoms with Crippen molar-refractivity contribution >= 4 is 22.4 Å². The summed E-state index contributed by atoms with van der Waals surface area (Å²) in [6.07, 6.45) is 1.64. The van der Waals surface area contributed by atoms with E-state index < -0.39 is 16.6 Å². The first-order chi connectivity index (χ1) is 9.11. The second-order valence-electron chi connectivity index (χ2n) is 3.88. The molecule has 0 amide bonds. The minimum Gasteiger partial charge on any atom is -0.325 e. The summed E-state index contributed by atoms with van der Waals surface area (Å²) in [4.78, 5) is 4.61. The maximum absolute atomic E-state index is 13.1. The quantitative estimate of drug-likeness (QED) is 0.944. The van der Waals surface area contributed by atoms with Crippen molar-refractivity contribution in [2.75, 3.05) is 0 Å². The molecule has 1 heterocycles. The van der Waals surface area contributed by atoms with Crippen LogP contribution in [-0.2, 0) is 23.1 Å². The number of benzene rings is 1. The van der Waals surface area contributed by atoms with Gasteiger partial charge in [0.2, 0.25) is 0 Å². The van der Waals surface area contributed by atoms with E-state index in [1.807, 2.05) is 6.07 Å². The lowest BCUT2D eigenvalue weighted by Gasteiger charge is -2.07. The van der Waals surface area contributed by atoms with Crippen LogP contribution in [0.2, 0.25) is 5.02 Å². The summed E-state index contributed by atoms with van der Waals surface area (Å²) in [5, 5.41) is -0.0314. The third kappa shape index (κ3) is 3.37. The van der Waals surface area contributed by atoms with Crippen molar-refractivity contribution < 1.29 is 8.60 Å². The number of aromatic nitrogens is 1. The van der Waals surface area contributed by atoms with E-state index in [1.54, 1.807) is 12.3 Å². The minimum atomic E-state index is -1.31. The number of hydrogen-bond donors (Lipinski definition) is 1. The van der Waals surface area contributed by atoms with Crippen molar-refractivity contribution in [1.29, 1.82) is 0 Å². The van der Waals surface area contributed by atoms with Crippen LogP contribution >= 0.6 is 11.6 Å². The van der Waals surface area contributed by atoms with E-state index in [4.69, 9.17) is 17.3 Å². The van der Waals surface area contributed by atoms with E-state index in [-0.39, 0.29) is 17.3 Å². The Morgan fingerprint density at radius 2 is 2.16 bits per heavy atom. The largest absolute Gasteiger partial charge is 0.325 e. The molecule has 2 N–H and O–H groups in total. The number of pyridine rings is 1. The fraction of sp³-hybridized carbons (Fsp3) is 0.154. The predicted molar refractivity (Wildman–Crippen MR) is 73.7 cm³/mol. The highest BCUT2D eigenvalue weighted by molar-refractivity contribution is 7.84. The molecule has 0 aliphatic heterocycles. The summed E-state index contributed by atoms with van der Waals surface area (Å²) < 4.78 is 25.3. The highest BCUT2D eigenvalue weighted by atomic mass is 35.5. The van der Waals surface area contributed by atoms with Crippen molar-refractivity contribution in [2.24, 2.45) is 5.73 Å². The molecule has 2 aromatic rings. The SMILES string of the molecule is NCc1ncccc1CS(=O)c1ccc(F)c(Cl)c1. The lowest BCUT2D eigenvalue weighted by Crippen LogP contribution is -2.06. The molecule has 19 heavy (non-hydrogen) atoms. The number of halogens is 2. The zero-order chi connectivity index (χ0) is 13.8. The second kappa shape index (κ2) is 6.23. The highest BCUT2D eigenvalue weighted by Gasteiger charge is 2.10. The van der Waals surface area contributed by atoms with Gasteiger partial charge in [0.1, 0.15) is 5.82 Å². The summed E-state index contributed by atoms with van der Waals surface area (Å²) in [6.45, 7) is 0.289. The Bertz CT molecular complexity index is 621. The Balaban J connectivity index is 2.23. The molecule has 1 atom stereocenters. The first-order valence-electron chi connectivity index (χ1n) is 5.58. The van der Waals surface area contributed by atoms with Crippen molar-refractivity contribution in [3.8, 4) is 0 Å². The number of hydrogen-bond acceptors (Lipinski definition) is 3. The van der Waals surface area contributed by atoms with Crippen LogP contribution in [-0.4, -0.2) is 9.19 Å². The molecule has 0 bridgehead atoms. The summed E-state index contributed by atoms with van der Waals surface area (Å²) in [5.74, 6) is -0.242. The van der Waals surface area contributed by atoms with Crippen molar-refractivity contribution in [3.05, 3.63) is 58.6 Å². The first kappa shape index (κ1) is 14.1. The highest BCUT2D eigenvalue weighted by Crippen LogP contribution is 2.20. The van der Waals surface area contributed by atoms with Crippen molar-refractivity contribution in [1.82, 2.24) is 4.98 Å². The lowest BCUT2D eigenvalue weighted by atomic mass is 10.2. The van der Waals surface area contributed by atoms with Gasteiger partial charge in [-0.15, -0.1) is 0 Å². The van der Waals surface area contributed by atoms with Gasteiger partial charge in [0.05, 0.1) is 27.3 Å². The molecule has 0 radical (unpaired) electrons. The third-order valence-electron chi connectivity index (χ3n) is 2.62. The fourth-order valence-electron chi connectivity index (χ4n) is 1.63. The molecule has 3 nitrogen and oxygen atoms in total. The van der Waals surface area contributed by atoms with Gasteiger partial charge in [-0.25, -0.2) is 4.39 Å². The standard InChI is InChI=1S/C13H12ClFN2OS/c14-11-6-10(3-4-12(11)15)19(18)8-9-2-1-5-17-13(9)7-16/h1-6H,7-8,16H2. The van der Waals surface area contributed by atoms with Gasteiger partial charge in [-0.2, -0.15) is 0 Å². The molecule has 100 valence electrons. The molecule has 0 spiro atoms. The Morgan fingerprint density at radius 3 is 2.84 bits per heavy atom. The topological polar surface area (TPSA) is 56.0 Å². The van der Waals surface area contributed by atoms with Crippen LogP contribution in [0.4, 0.5) is 4.39 Å². The average molecular weight is 299 g/mol. The molecule has 1 aromatic heterocycles. The van der Waals surface area contributed by atoms with Crippen LogP contribution in [0.15, 0.2) is 41.4 Å². The van der Waals surface area contributed by atoms with Crippen molar-refractivity contribution in [3.63, 3.8) is 0 Å². The summed E-state index contributed by atoms with van der Waals surface area (Å²) in [6, 6.07) is 7.66. The molecule has 0 aliphatic rings. The van der Waals surface area contributed by atoms with Crippen LogP contribution in [0.1, 0.15) is 11.3 Å². The number of nitrogens with zero attached hydrogens (tertiary/aromatic N) is 1. The molecular weight excluding hydrogens is 287 g/mol. The van der Waals surface area contributed by atoms with E-state index in [1.165, 1.54) is 18.2 Å². The molecule has 0 saturated heterocycles. The van der Waals surface area contributed by atoms with Crippen LogP contribution in [0.25, 0.3) is 0 Å². The third-order valence-corrected chi connectivity index (χ3v) is 4.26. The van der Waals surface area contributed by atoms with Gasteiger partial charge in [0.25, 0.3) is 0 Å². The molecule has 1 aromatic carbocycles. The van der Waals surface area contributed by atoms with Gasteiger partial charge in [-0.1, -0.05) is 17.7 Å².